The zero-order valence-corrected chi connectivity index (χ0v) is 25.5. The minimum atomic E-state index is -4.32. The molecule has 0 saturated carbocycles. The summed E-state index contributed by atoms with van der Waals surface area (Å²) in [5.74, 6) is 0.835. The van der Waals surface area contributed by atoms with Crippen LogP contribution in [0.4, 0.5) is 0 Å². The SMILES string of the molecule is CCCCCCCCCCCC(C)CCCCCCOCC(COP(=O)([O-])OCC[N+](C)(C)C)OC. The molecule has 0 spiro atoms. The number of unbranched alkanes of at least 4 members (excludes halogenated alkanes) is 11. The Morgan fingerprint density at radius 2 is 1.28 bits per heavy atom. The number of rotatable bonds is 27. The van der Waals surface area contributed by atoms with Crippen molar-refractivity contribution in [2.45, 2.75) is 116 Å². The van der Waals surface area contributed by atoms with E-state index in [0.717, 1.165) is 18.8 Å². The summed E-state index contributed by atoms with van der Waals surface area (Å²) in [4.78, 5) is 11.9. The molecule has 0 bridgehead atoms. The van der Waals surface area contributed by atoms with E-state index in [-0.39, 0.29) is 13.2 Å². The van der Waals surface area contributed by atoms with Crippen molar-refractivity contribution >= 4 is 7.82 Å². The van der Waals surface area contributed by atoms with Gasteiger partial charge in [-0.3, -0.25) is 4.57 Å². The molecule has 8 heteroatoms. The van der Waals surface area contributed by atoms with Crippen LogP contribution in [0.5, 0.6) is 0 Å². The maximum Gasteiger partial charge on any atom is 0.268 e. The summed E-state index contributed by atoms with van der Waals surface area (Å²) in [5.41, 5.74) is 0. The minimum Gasteiger partial charge on any atom is -0.756 e. The number of ether oxygens (including phenoxy) is 2. The highest BCUT2D eigenvalue weighted by atomic mass is 31.2. The fourth-order valence-corrected chi connectivity index (χ4v) is 4.76. The Labute approximate surface area is 223 Å². The lowest BCUT2D eigenvalue weighted by molar-refractivity contribution is -0.870. The van der Waals surface area contributed by atoms with Gasteiger partial charge in [0.05, 0.1) is 34.4 Å². The highest BCUT2D eigenvalue weighted by Gasteiger charge is 2.17. The van der Waals surface area contributed by atoms with Crippen LogP contribution >= 0.6 is 7.82 Å². The molecule has 0 N–H and O–H groups in total. The first kappa shape index (κ1) is 36.0. The second-order valence-corrected chi connectivity index (χ2v) is 12.9. The third kappa shape index (κ3) is 25.6. The lowest BCUT2D eigenvalue weighted by Crippen LogP contribution is -2.37. The fourth-order valence-electron chi connectivity index (χ4n) is 4.04. The Balaban J connectivity index is 3.61. The van der Waals surface area contributed by atoms with Crippen LogP contribution in [0, 0.1) is 5.92 Å². The van der Waals surface area contributed by atoms with Crippen molar-refractivity contribution in [3.05, 3.63) is 0 Å². The minimum absolute atomic E-state index is 0.0937. The van der Waals surface area contributed by atoms with Gasteiger partial charge in [0.2, 0.25) is 0 Å². The average Bonchev–Trinajstić information content (AvgIpc) is 2.80. The largest absolute Gasteiger partial charge is 0.756 e. The zero-order valence-electron chi connectivity index (χ0n) is 24.6. The molecule has 0 aromatic rings. The Hall–Kier alpha value is -0.0100. The molecule has 0 fully saturated rings. The van der Waals surface area contributed by atoms with Crippen molar-refractivity contribution < 1.29 is 32.5 Å². The van der Waals surface area contributed by atoms with Gasteiger partial charge in [-0.25, -0.2) is 0 Å². The van der Waals surface area contributed by atoms with Crippen LogP contribution in [0.15, 0.2) is 0 Å². The predicted molar refractivity (Wildman–Crippen MR) is 148 cm³/mol. The number of quaternary nitrogens is 1. The van der Waals surface area contributed by atoms with Gasteiger partial charge in [0.25, 0.3) is 7.82 Å². The Bertz CT molecular complexity index is 529. The fraction of sp³-hybridized carbons (Fsp3) is 1.00. The molecule has 36 heavy (non-hydrogen) atoms. The van der Waals surface area contributed by atoms with Gasteiger partial charge >= 0.3 is 0 Å². The summed E-state index contributed by atoms with van der Waals surface area (Å²) >= 11 is 0. The average molecular weight is 538 g/mol. The summed E-state index contributed by atoms with van der Waals surface area (Å²) in [6.07, 6.45) is 19.6. The molecule has 0 radical (unpaired) electrons. The number of methoxy groups -OCH3 is 1. The number of phosphoric acid groups is 1. The van der Waals surface area contributed by atoms with Crippen LogP contribution in [0.25, 0.3) is 0 Å². The van der Waals surface area contributed by atoms with Crippen molar-refractivity contribution in [1.82, 2.24) is 0 Å². The number of phosphoric ester groups is 1. The quantitative estimate of drug-likeness (QED) is 0.0657. The Morgan fingerprint density at radius 3 is 1.81 bits per heavy atom. The second-order valence-electron chi connectivity index (χ2n) is 11.4. The van der Waals surface area contributed by atoms with Crippen LogP contribution in [0.2, 0.25) is 0 Å². The van der Waals surface area contributed by atoms with E-state index >= 15 is 0 Å². The lowest BCUT2D eigenvalue weighted by Gasteiger charge is -2.28. The van der Waals surface area contributed by atoms with E-state index in [1.807, 2.05) is 21.1 Å². The molecule has 0 saturated heterocycles. The van der Waals surface area contributed by atoms with E-state index in [1.165, 1.54) is 90.6 Å². The van der Waals surface area contributed by atoms with Crippen molar-refractivity contribution in [1.29, 1.82) is 0 Å². The van der Waals surface area contributed by atoms with E-state index in [2.05, 4.69) is 13.8 Å². The van der Waals surface area contributed by atoms with Crippen molar-refractivity contribution in [2.24, 2.45) is 5.92 Å². The van der Waals surface area contributed by atoms with E-state index in [1.54, 1.807) is 0 Å². The summed E-state index contributed by atoms with van der Waals surface area (Å²) in [7, 11) is 3.11. The molecule has 3 unspecified atom stereocenters. The summed E-state index contributed by atoms with van der Waals surface area (Å²) < 4.78 is 33.3. The van der Waals surface area contributed by atoms with E-state index in [0.29, 0.717) is 24.2 Å². The van der Waals surface area contributed by atoms with Gasteiger partial charge < -0.3 is 27.9 Å². The maximum atomic E-state index is 11.9. The van der Waals surface area contributed by atoms with Crippen LogP contribution in [0.1, 0.15) is 110 Å². The van der Waals surface area contributed by atoms with Crippen LogP contribution < -0.4 is 4.89 Å². The number of likely N-dealkylation sites (N-methyl/N-ethyl adjacent to an activating group) is 1. The smallest absolute Gasteiger partial charge is 0.268 e. The molecule has 0 heterocycles. The molecule has 0 aliphatic carbocycles. The van der Waals surface area contributed by atoms with E-state index < -0.39 is 13.9 Å². The van der Waals surface area contributed by atoms with Crippen LogP contribution in [-0.4, -0.2) is 71.8 Å². The highest BCUT2D eigenvalue weighted by Crippen LogP contribution is 2.38. The first-order chi connectivity index (χ1) is 17.1. The molecular weight excluding hydrogens is 477 g/mol. The normalized spacial score (nSPS) is 15.6. The topological polar surface area (TPSA) is 77.1 Å². The molecule has 0 rings (SSSR count). The predicted octanol–water partition coefficient (Wildman–Crippen LogP) is 6.73. The Morgan fingerprint density at radius 1 is 0.750 bits per heavy atom. The Kier molecular flexibility index (Phi) is 22.9. The van der Waals surface area contributed by atoms with Gasteiger partial charge in [0.1, 0.15) is 19.3 Å². The standard InChI is InChI=1S/C28H60NO6P/c1-7-8-9-10-11-12-13-14-17-20-27(2)21-18-15-16-19-23-33-25-28(32-6)26-35-36(30,31)34-24-22-29(3,4)5/h27-28H,7-26H2,1-6H3. The number of nitrogens with zero attached hydrogens (tertiary/aromatic N) is 1. The third-order valence-corrected chi connectivity index (χ3v) is 7.57. The molecule has 0 aliphatic heterocycles. The van der Waals surface area contributed by atoms with E-state index in [4.69, 9.17) is 18.5 Å². The van der Waals surface area contributed by atoms with E-state index in [9.17, 15) is 9.46 Å². The first-order valence-electron chi connectivity index (χ1n) is 14.6. The van der Waals surface area contributed by atoms with Gasteiger partial charge in [0, 0.05) is 13.7 Å². The van der Waals surface area contributed by atoms with Gasteiger partial charge in [-0.1, -0.05) is 104 Å². The second kappa shape index (κ2) is 22.9. The molecule has 3 atom stereocenters. The van der Waals surface area contributed by atoms with Crippen molar-refractivity contribution in [3.63, 3.8) is 0 Å². The maximum absolute atomic E-state index is 11.9. The zero-order chi connectivity index (χ0) is 27.1. The third-order valence-electron chi connectivity index (χ3n) is 6.60. The molecular formula is C28H60NO6P. The number of hydrogen-bond acceptors (Lipinski definition) is 6. The van der Waals surface area contributed by atoms with Crippen molar-refractivity contribution in [2.75, 3.05) is 61.2 Å². The molecule has 0 amide bonds. The lowest BCUT2D eigenvalue weighted by atomic mass is 9.96. The monoisotopic (exact) mass is 537 g/mol. The molecule has 0 aromatic heterocycles. The van der Waals surface area contributed by atoms with Crippen molar-refractivity contribution in [3.8, 4) is 0 Å². The van der Waals surface area contributed by atoms with Gasteiger partial charge in [-0.2, -0.15) is 0 Å². The van der Waals surface area contributed by atoms with Gasteiger partial charge in [0.15, 0.2) is 0 Å². The summed E-state index contributed by atoms with van der Waals surface area (Å²) in [6, 6.07) is 0. The van der Waals surface area contributed by atoms with Crippen LogP contribution in [-0.2, 0) is 23.1 Å². The molecule has 218 valence electrons. The first-order valence-corrected chi connectivity index (χ1v) is 16.1. The van der Waals surface area contributed by atoms with Gasteiger partial charge in [-0.15, -0.1) is 0 Å². The molecule has 0 aliphatic rings. The summed E-state index contributed by atoms with van der Waals surface area (Å²) in [6.45, 7) is 6.21. The summed E-state index contributed by atoms with van der Waals surface area (Å²) in [5, 5.41) is 0. The van der Waals surface area contributed by atoms with Gasteiger partial charge in [-0.05, 0) is 12.3 Å². The number of hydrogen-bond donors (Lipinski definition) is 0. The highest BCUT2D eigenvalue weighted by molar-refractivity contribution is 7.45. The van der Waals surface area contributed by atoms with Crippen LogP contribution in [0.3, 0.4) is 0 Å². The molecule has 0 aromatic carbocycles. The molecule has 7 nitrogen and oxygen atoms in total.